The van der Waals surface area contributed by atoms with Gasteiger partial charge < -0.3 is 20.9 Å². The third-order valence-corrected chi connectivity index (χ3v) is 7.93. The zero-order chi connectivity index (χ0) is 27.2. The number of carbonyl (C=O) groups excluding carboxylic acids is 2. The number of H-pyrrole nitrogens is 1. The van der Waals surface area contributed by atoms with E-state index in [-0.39, 0.29) is 22.3 Å². The molecule has 200 valence electrons. The van der Waals surface area contributed by atoms with Crippen LogP contribution in [0.5, 0.6) is 0 Å². The normalized spacial score (nSPS) is 24.5. The molecule has 3 heterocycles. The predicted octanol–water partition coefficient (Wildman–Crippen LogP) is 4.96. The lowest BCUT2D eigenvalue weighted by atomic mass is 9.62. The highest BCUT2D eigenvalue weighted by Crippen LogP contribution is 2.57. The smallest absolute Gasteiger partial charge is 0.237 e. The van der Waals surface area contributed by atoms with Crippen LogP contribution in [-0.4, -0.2) is 40.4 Å². The number of nitrogens with zero attached hydrogens (tertiary/aromatic N) is 1. The lowest BCUT2D eigenvalue weighted by Crippen LogP contribution is -2.49. The summed E-state index contributed by atoms with van der Waals surface area (Å²) >= 11 is 12.5. The molecule has 1 saturated heterocycles. The molecular formula is C28H30Cl2FN5O2. The first kappa shape index (κ1) is 26.7. The first-order valence-corrected chi connectivity index (χ1v) is 13.3. The van der Waals surface area contributed by atoms with Crippen molar-refractivity contribution in [1.29, 1.82) is 0 Å². The highest BCUT2D eigenvalue weighted by Gasteiger charge is 2.65. The molecule has 0 saturated carbocycles. The van der Waals surface area contributed by atoms with Gasteiger partial charge in [0.15, 0.2) is 0 Å². The van der Waals surface area contributed by atoms with Crippen molar-refractivity contribution < 1.29 is 14.0 Å². The summed E-state index contributed by atoms with van der Waals surface area (Å²) in [5.41, 5.74) is 0.171. The zero-order valence-corrected chi connectivity index (χ0v) is 22.9. The van der Waals surface area contributed by atoms with Crippen molar-refractivity contribution in [3.05, 3.63) is 81.6 Å². The summed E-state index contributed by atoms with van der Waals surface area (Å²) in [6.07, 6.45) is 4.47. The van der Waals surface area contributed by atoms with Crippen molar-refractivity contribution in [3.63, 3.8) is 0 Å². The summed E-state index contributed by atoms with van der Waals surface area (Å²) in [6, 6.07) is 8.69. The van der Waals surface area contributed by atoms with Crippen LogP contribution in [0.1, 0.15) is 50.1 Å². The van der Waals surface area contributed by atoms with Crippen molar-refractivity contribution in [2.45, 2.75) is 57.0 Å². The second-order valence-electron chi connectivity index (χ2n) is 11.2. The zero-order valence-electron chi connectivity index (χ0n) is 21.4. The molecule has 0 unspecified atom stereocenters. The lowest BCUT2D eigenvalue weighted by molar-refractivity contribution is -0.123. The number of rotatable bonds is 6. The Labute approximate surface area is 230 Å². The van der Waals surface area contributed by atoms with Gasteiger partial charge in [-0.25, -0.2) is 9.37 Å². The van der Waals surface area contributed by atoms with Crippen LogP contribution in [0.4, 0.5) is 10.1 Å². The van der Waals surface area contributed by atoms with Crippen LogP contribution in [0.3, 0.4) is 0 Å². The van der Waals surface area contributed by atoms with Crippen LogP contribution in [0.25, 0.3) is 0 Å². The van der Waals surface area contributed by atoms with E-state index in [0.29, 0.717) is 41.2 Å². The van der Waals surface area contributed by atoms with E-state index in [9.17, 15) is 14.0 Å². The topological polar surface area (TPSA) is 98.9 Å². The maximum atomic E-state index is 15.0. The Bertz CT molecular complexity index is 1370. The van der Waals surface area contributed by atoms with Gasteiger partial charge in [-0.2, -0.15) is 0 Å². The number of hydrogen-bond acceptors (Lipinski definition) is 4. The number of aromatic amines is 1. The Morgan fingerprint density at radius 2 is 2.00 bits per heavy atom. The fraction of sp³-hybridized carbons (Fsp3) is 0.393. The molecule has 1 aromatic heterocycles. The van der Waals surface area contributed by atoms with Gasteiger partial charge in [0.1, 0.15) is 17.1 Å². The molecule has 3 aromatic rings. The molecule has 0 radical (unpaired) electrons. The van der Waals surface area contributed by atoms with Crippen molar-refractivity contribution in [2.75, 3.05) is 11.9 Å². The monoisotopic (exact) mass is 557 g/mol. The van der Waals surface area contributed by atoms with Crippen LogP contribution in [-0.2, 0) is 21.4 Å². The van der Waals surface area contributed by atoms with Gasteiger partial charge in [0.2, 0.25) is 11.8 Å². The minimum atomic E-state index is -1.28. The van der Waals surface area contributed by atoms with Gasteiger partial charge in [-0.1, -0.05) is 56.1 Å². The molecule has 38 heavy (non-hydrogen) atoms. The van der Waals surface area contributed by atoms with Gasteiger partial charge in [0.25, 0.3) is 0 Å². The highest BCUT2D eigenvalue weighted by atomic mass is 35.5. The summed E-state index contributed by atoms with van der Waals surface area (Å²) in [6.45, 7) is 6.58. The van der Waals surface area contributed by atoms with E-state index in [0.717, 1.165) is 5.82 Å². The van der Waals surface area contributed by atoms with E-state index in [1.807, 2.05) is 6.07 Å². The number of benzene rings is 2. The van der Waals surface area contributed by atoms with Crippen molar-refractivity contribution in [2.24, 2.45) is 5.41 Å². The average molecular weight is 558 g/mol. The maximum absolute atomic E-state index is 15.0. The maximum Gasteiger partial charge on any atom is 0.237 e. The summed E-state index contributed by atoms with van der Waals surface area (Å²) in [4.78, 5) is 35.1. The molecule has 4 atom stereocenters. The molecule has 5 rings (SSSR count). The highest BCUT2D eigenvalue weighted by molar-refractivity contribution is 6.31. The fourth-order valence-electron chi connectivity index (χ4n) is 5.98. The lowest BCUT2D eigenvalue weighted by Gasteiger charge is -2.37. The molecule has 2 aliphatic heterocycles. The first-order valence-electron chi connectivity index (χ1n) is 12.6. The fourth-order valence-corrected chi connectivity index (χ4v) is 6.35. The molecule has 1 fully saturated rings. The van der Waals surface area contributed by atoms with Crippen LogP contribution < -0.4 is 16.0 Å². The van der Waals surface area contributed by atoms with E-state index in [1.165, 1.54) is 12.1 Å². The van der Waals surface area contributed by atoms with Gasteiger partial charge in [-0.15, -0.1) is 0 Å². The molecule has 2 aliphatic rings. The summed E-state index contributed by atoms with van der Waals surface area (Å²) < 4.78 is 15.0. The molecule has 2 amide bonds. The Kier molecular flexibility index (Phi) is 7.00. The largest absolute Gasteiger partial charge is 0.354 e. The third-order valence-electron chi connectivity index (χ3n) is 7.41. The van der Waals surface area contributed by atoms with E-state index in [4.69, 9.17) is 23.2 Å². The number of nitrogens with one attached hydrogen (secondary N) is 4. The summed E-state index contributed by atoms with van der Waals surface area (Å²) in [7, 11) is 0. The quantitative estimate of drug-likeness (QED) is 0.344. The number of carbonyl (C=O) groups is 2. The summed E-state index contributed by atoms with van der Waals surface area (Å²) in [5.74, 6) is -1.08. The minimum Gasteiger partial charge on any atom is -0.354 e. The molecule has 0 bridgehead atoms. The van der Waals surface area contributed by atoms with Gasteiger partial charge in [0, 0.05) is 48.0 Å². The van der Waals surface area contributed by atoms with Crippen LogP contribution in [0.15, 0.2) is 48.8 Å². The van der Waals surface area contributed by atoms with Gasteiger partial charge >= 0.3 is 0 Å². The van der Waals surface area contributed by atoms with Crippen LogP contribution >= 0.6 is 23.2 Å². The minimum absolute atomic E-state index is 0.0778. The van der Waals surface area contributed by atoms with Crippen molar-refractivity contribution in [3.8, 4) is 0 Å². The van der Waals surface area contributed by atoms with Gasteiger partial charge in [-0.3, -0.25) is 9.59 Å². The molecule has 0 aliphatic carbocycles. The van der Waals surface area contributed by atoms with Crippen LogP contribution in [0, 0.1) is 11.2 Å². The van der Waals surface area contributed by atoms with Crippen molar-refractivity contribution in [1.82, 2.24) is 20.6 Å². The number of anilines is 1. The number of fused-ring (bicyclic) bond motifs is 2. The average Bonchev–Trinajstić information content (AvgIpc) is 3.53. The van der Waals surface area contributed by atoms with E-state index in [1.54, 1.807) is 30.6 Å². The SMILES string of the molecule is CC(C)(C)C[C@H]1N[C@@H](C(=O)NCCc2ncc[nH]2)[C@H](c2cccc(Cl)c2)[C@@]12C(=O)Nc1cc(Cl)c(F)cc12. The molecule has 7 nitrogen and oxygen atoms in total. The Hall–Kier alpha value is -2.94. The first-order chi connectivity index (χ1) is 18.0. The Morgan fingerprint density at radius 1 is 1.21 bits per heavy atom. The standard InChI is InChI=1S/C28H30Cl2FN5O2/c1-27(2,3)14-21-28(17-12-19(31)18(30)13-20(17)35-26(28)38)23(15-5-4-6-16(29)11-15)24(36-21)25(37)34-8-7-22-32-9-10-33-22/h4-6,9-13,21,23-24,36H,7-8,14H2,1-3H3,(H,32,33)(H,34,37)(H,35,38)/t21-,23+,24-,28+/m1/s1. The van der Waals surface area contributed by atoms with Crippen LogP contribution in [0.2, 0.25) is 10.0 Å². The number of aromatic nitrogens is 2. The number of amides is 2. The van der Waals surface area contributed by atoms with E-state index >= 15 is 0 Å². The molecule has 1 spiro atoms. The van der Waals surface area contributed by atoms with Crippen molar-refractivity contribution >= 4 is 40.7 Å². The Balaban J connectivity index is 1.63. The van der Waals surface area contributed by atoms with E-state index in [2.05, 4.69) is 46.7 Å². The molecule has 4 N–H and O–H groups in total. The summed E-state index contributed by atoms with van der Waals surface area (Å²) in [5, 5.41) is 9.85. The second kappa shape index (κ2) is 9.98. The molecule has 2 aromatic carbocycles. The second-order valence-corrected chi connectivity index (χ2v) is 12.0. The Morgan fingerprint density at radius 3 is 2.68 bits per heavy atom. The van der Waals surface area contributed by atoms with Gasteiger partial charge in [0.05, 0.1) is 11.1 Å². The number of halogens is 3. The predicted molar refractivity (Wildman–Crippen MR) is 146 cm³/mol. The van der Waals surface area contributed by atoms with Gasteiger partial charge in [-0.05, 0) is 47.2 Å². The molecular weight excluding hydrogens is 528 g/mol. The third kappa shape index (κ3) is 4.70. The number of hydrogen-bond donors (Lipinski definition) is 4. The number of imidazole rings is 1. The van der Waals surface area contributed by atoms with E-state index < -0.39 is 29.2 Å². The molecule has 10 heteroatoms.